The first-order chi connectivity index (χ1) is 27.8. The van der Waals surface area contributed by atoms with E-state index in [-0.39, 0.29) is 30.9 Å². The van der Waals surface area contributed by atoms with Gasteiger partial charge in [-0.05, 0) is 93.9 Å². The van der Waals surface area contributed by atoms with E-state index in [9.17, 15) is 30.0 Å². The fraction of sp³-hybridized carbons (Fsp3) is 0.860. The number of rotatable bonds is 11. The second-order valence-electron chi connectivity index (χ2n) is 17.8. The maximum Gasteiger partial charge on any atom is 0.308 e. The number of hydrogen-bond acceptors (Lipinski definition) is 16. The zero-order valence-electron chi connectivity index (χ0n) is 37.0. The molecule has 0 unspecified atom stereocenters. The maximum atomic E-state index is 13.1. The predicted octanol–water partition coefficient (Wildman–Crippen LogP) is 2.33. The van der Waals surface area contributed by atoms with Crippen molar-refractivity contribution >= 4 is 12.3 Å². The molecule has 3 fully saturated rings. The van der Waals surface area contributed by atoms with Crippen molar-refractivity contribution in [3.05, 3.63) is 24.3 Å². The summed E-state index contributed by atoms with van der Waals surface area (Å²) in [4.78, 5) is 29.5. The van der Waals surface area contributed by atoms with E-state index in [2.05, 4.69) is 4.90 Å². The average molecular weight is 843 g/mol. The van der Waals surface area contributed by atoms with Gasteiger partial charge in [-0.25, -0.2) is 0 Å². The molecular weight excluding hydrogens is 768 g/mol. The van der Waals surface area contributed by atoms with Crippen LogP contribution in [0.1, 0.15) is 86.5 Å². The minimum atomic E-state index is -1.47. The molecule has 0 spiro atoms. The molecule has 4 heterocycles. The number of aliphatic hydroxyl groups excluding tert-OH is 3. The van der Waals surface area contributed by atoms with Gasteiger partial charge in [0.15, 0.2) is 18.9 Å². The molecule has 4 aliphatic rings. The van der Waals surface area contributed by atoms with E-state index < -0.39 is 110 Å². The van der Waals surface area contributed by atoms with E-state index in [1.54, 1.807) is 39.8 Å². The van der Waals surface area contributed by atoms with E-state index in [0.717, 1.165) is 12.7 Å². The van der Waals surface area contributed by atoms with Gasteiger partial charge in [0.05, 0.1) is 54.7 Å². The Labute approximate surface area is 351 Å². The first kappa shape index (κ1) is 49.8. The third-order valence-electron chi connectivity index (χ3n) is 12.4. The zero-order valence-corrected chi connectivity index (χ0v) is 37.0. The lowest BCUT2D eigenvalue weighted by molar-refractivity contribution is -0.344. The van der Waals surface area contributed by atoms with Crippen molar-refractivity contribution in [1.82, 2.24) is 9.80 Å². The molecule has 4 N–H and O–H groups in total. The predicted molar refractivity (Wildman–Crippen MR) is 217 cm³/mol. The number of hydrogen-bond donors (Lipinski definition) is 4. The molecule has 4 rings (SSSR count). The number of aliphatic hydroxyl groups is 4. The normalized spacial score (nSPS) is 45.8. The summed E-state index contributed by atoms with van der Waals surface area (Å²) < 4.78 is 50.0. The van der Waals surface area contributed by atoms with Gasteiger partial charge in [-0.3, -0.25) is 4.79 Å². The lowest BCUT2D eigenvalue weighted by atomic mass is 9.82. The fourth-order valence-corrected chi connectivity index (χ4v) is 9.10. The molecule has 0 saturated carbocycles. The quantitative estimate of drug-likeness (QED) is 0.175. The lowest BCUT2D eigenvalue weighted by Crippen LogP contribution is -2.65. The van der Waals surface area contributed by atoms with Crippen molar-refractivity contribution in [2.45, 2.75) is 190 Å². The highest BCUT2D eigenvalue weighted by Crippen LogP contribution is 2.37. The van der Waals surface area contributed by atoms with Crippen LogP contribution in [0.3, 0.4) is 0 Å². The van der Waals surface area contributed by atoms with Crippen LogP contribution in [0.25, 0.3) is 0 Å². The van der Waals surface area contributed by atoms with Crippen molar-refractivity contribution in [1.29, 1.82) is 0 Å². The molecule has 3 saturated heterocycles. The summed E-state index contributed by atoms with van der Waals surface area (Å²) >= 11 is 0. The third kappa shape index (κ3) is 13.3. The van der Waals surface area contributed by atoms with Crippen LogP contribution in [0.5, 0.6) is 0 Å². The summed E-state index contributed by atoms with van der Waals surface area (Å²) in [7, 11) is 9.03. The summed E-state index contributed by atoms with van der Waals surface area (Å²) in [5, 5.41) is 45.1. The number of likely N-dealkylation sites (N-methyl/N-ethyl adjacent to an activating group) is 2. The van der Waals surface area contributed by atoms with Crippen LogP contribution >= 0.6 is 0 Å². The Morgan fingerprint density at radius 1 is 0.864 bits per heavy atom. The first-order valence-corrected chi connectivity index (χ1v) is 21.3. The topological polar surface area (TPSA) is 195 Å². The van der Waals surface area contributed by atoms with Gasteiger partial charge in [-0.15, -0.1) is 0 Å². The lowest BCUT2D eigenvalue weighted by Gasteiger charge is -2.50. The first-order valence-electron chi connectivity index (χ1n) is 21.3. The van der Waals surface area contributed by atoms with Gasteiger partial charge < -0.3 is 72.9 Å². The Morgan fingerprint density at radius 3 is 2.17 bits per heavy atom. The molecule has 0 aromatic rings. The van der Waals surface area contributed by atoms with E-state index >= 15 is 0 Å². The zero-order chi connectivity index (χ0) is 43.8. The summed E-state index contributed by atoms with van der Waals surface area (Å²) in [6, 6.07) is -0.466. The van der Waals surface area contributed by atoms with E-state index in [1.165, 1.54) is 14.0 Å². The SMILES string of the molecule is CO[C@@H]1[C@@H](O[C@@H]2O[C@H](C)[C@@H](O[C@H]3C[C@@](C)(O)[C@@H](O)[C@H](C)O3)[C@@H](N(C)C)[C@H]2O)[C@@H](CC=O)C[C@@H](C)[C@@H](O[C@H]2CC[C@H](N(C)C)[C@@H](C)O2)/C=C/C=C/C[C@@H](C)OC(=O)C[C@H]1O. The molecule has 0 amide bonds. The van der Waals surface area contributed by atoms with Crippen molar-refractivity contribution in [2.24, 2.45) is 11.8 Å². The minimum absolute atomic E-state index is 0.00885. The number of carbonyl (C=O) groups excluding carboxylic acids is 2. The Kier molecular flexibility index (Phi) is 18.9. The Balaban J connectivity index is 1.66. The van der Waals surface area contributed by atoms with Gasteiger partial charge in [-0.2, -0.15) is 0 Å². The highest BCUT2D eigenvalue weighted by molar-refractivity contribution is 5.70. The maximum absolute atomic E-state index is 13.1. The molecule has 0 aromatic carbocycles. The number of allylic oxidation sites excluding steroid dienone is 2. The van der Waals surface area contributed by atoms with Gasteiger partial charge in [0.25, 0.3) is 0 Å². The highest BCUT2D eigenvalue weighted by Gasteiger charge is 2.52. The minimum Gasteiger partial charge on any atom is -0.462 e. The van der Waals surface area contributed by atoms with E-state index in [0.29, 0.717) is 19.3 Å². The van der Waals surface area contributed by atoms with Crippen LogP contribution in [0.15, 0.2) is 24.3 Å². The molecule has 0 bridgehead atoms. The number of methoxy groups -OCH3 is 1. The van der Waals surface area contributed by atoms with Crippen molar-refractivity contribution in [3.63, 3.8) is 0 Å². The van der Waals surface area contributed by atoms with E-state index in [1.807, 2.05) is 52.2 Å². The summed E-state index contributed by atoms with van der Waals surface area (Å²) in [6.45, 7) is 10.8. The fourth-order valence-electron chi connectivity index (χ4n) is 9.10. The van der Waals surface area contributed by atoms with Gasteiger partial charge >= 0.3 is 5.97 Å². The standard InChI is InChI=1S/C43H74N2O14/c1-24-21-29(19-20-46)39(59-42-37(49)36(45(9)10)38(27(4)56-42)58-35-23-43(6,51)41(50)28(5)55-35)40(52-11)31(47)22-33(48)53-25(2)15-13-12-14-16-32(24)57-34-18-17-30(44(7)8)26(3)54-34/h12-14,16,20,24-32,34-42,47,49-51H,15,17-19,21-23H2,1-11H3/b13-12+,16-14+/t24-,25-,26-,27-,28+,29+,30+,31-,32+,34+,35+,36+,37-,38-,39+,40+,41+,42+,43-/m1/s1. The third-order valence-corrected chi connectivity index (χ3v) is 12.4. The molecule has 0 radical (unpaired) electrons. The average Bonchev–Trinajstić information content (AvgIpc) is 3.13. The van der Waals surface area contributed by atoms with E-state index in [4.69, 9.17) is 37.9 Å². The molecule has 16 nitrogen and oxygen atoms in total. The summed E-state index contributed by atoms with van der Waals surface area (Å²) in [5.74, 6) is -1.47. The second kappa shape index (κ2) is 22.5. The van der Waals surface area contributed by atoms with Gasteiger partial charge in [0.2, 0.25) is 0 Å². The Morgan fingerprint density at radius 2 is 1.56 bits per heavy atom. The number of carbonyl (C=O) groups is 2. The smallest absolute Gasteiger partial charge is 0.308 e. The number of nitrogens with zero attached hydrogens (tertiary/aromatic N) is 2. The number of ether oxygens (including phenoxy) is 8. The van der Waals surface area contributed by atoms with Gasteiger partial charge in [0, 0.05) is 32.4 Å². The molecule has 59 heavy (non-hydrogen) atoms. The molecular formula is C43H74N2O14. The molecule has 340 valence electrons. The molecule has 0 aliphatic carbocycles. The monoisotopic (exact) mass is 843 g/mol. The molecule has 4 aliphatic heterocycles. The summed E-state index contributed by atoms with van der Waals surface area (Å²) in [5.41, 5.74) is -1.47. The second-order valence-corrected chi connectivity index (χ2v) is 17.8. The molecule has 19 atom stereocenters. The van der Waals surface area contributed by atoms with Crippen molar-refractivity contribution < 1.29 is 67.9 Å². The van der Waals surface area contributed by atoms with Crippen molar-refractivity contribution in [2.75, 3.05) is 35.3 Å². The van der Waals surface area contributed by atoms with Crippen molar-refractivity contribution in [3.8, 4) is 0 Å². The van der Waals surface area contributed by atoms with Crippen LogP contribution in [0.4, 0.5) is 0 Å². The van der Waals surface area contributed by atoms with Crippen LogP contribution < -0.4 is 0 Å². The Hall–Kier alpha value is -1.90. The van der Waals surface area contributed by atoms with Crippen LogP contribution in [0, 0.1) is 11.8 Å². The number of cyclic esters (lactones) is 1. The van der Waals surface area contributed by atoms with Gasteiger partial charge in [-0.1, -0.05) is 31.2 Å². The summed E-state index contributed by atoms with van der Waals surface area (Å²) in [6.07, 6.45) is -1.56. The van der Waals surface area contributed by atoms with Crippen LogP contribution in [0.2, 0.25) is 0 Å². The van der Waals surface area contributed by atoms with Crippen LogP contribution in [-0.4, -0.2) is 181 Å². The molecule has 16 heteroatoms. The van der Waals surface area contributed by atoms with Crippen LogP contribution in [-0.2, 0) is 47.5 Å². The largest absolute Gasteiger partial charge is 0.462 e. The molecule has 0 aromatic heterocycles. The highest BCUT2D eigenvalue weighted by atomic mass is 16.7. The Bertz CT molecular complexity index is 1370. The number of esters is 1. The van der Waals surface area contributed by atoms with Gasteiger partial charge in [0.1, 0.15) is 36.8 Å². The number of aldehydes is 1.